The van der Waals surface area contributed by atoms with Gasteiger partial charge in [-0.15, -0.1) is 0 Å². The molecular formula is C9H17F3N2. The summed E-state index contributed by atoms with van der Waals surface area (Å²) >= 11 is 0. The Morgan fingerprint density at radius 3 is 1.64 bits per heavy atom. The van der Waals surface area contributed by atoms with Crippen LogP contribution in [0.25, 0.3) is 0 Å². The van der Waals surface area contributed by atoms with Gasteiger partial charge in [0.2, 0.25) is 0 Å². The molecule has 0 amide bonds. The SMILES string of the molecule is CN1CCCC1.NC1(C(F)(F)F)CC1. The lowest BCUT2D eigenvalue weighted by molar-refractivity contribution is -0.156. The molecule has 0 aromatic carbocycles. The molecule has 1 heterocycles. The number of hydrogen-bond acceptors (Lipinski definition) is 2. The van der Waals surface area contributed by atoms with E-state index in [0.29, 0.717) is 0 Å². The maximum atomic E-state index is 11.5. The maximum Gasteiger partial charge on any atom is 0.406 e. The minimum Gasteiger partial charge on any atom is -0.318 e. The average molecular weight is 210 g/mol. The minimum atomic E-state index is -4.17. The Labute approximate surface area is 82.2 Å². The van der Waals surface area contributed by atoms with E-state index >= 15 is 0 Å². The van der Waals surface area contributed by atoms with Crippen molar-refractivity contribution in [1.29, 1.82) is 0 Å². The number of halogens is 3. The van der Waals surface area contributed by atoms with E-state index in [2.05, 4.69) is 11.9 Å². The molecule has 1 saturated heterocycles. The fourth-order valence-electron chi connectivity index (χ4n) is 1.29. The highest BCUT2D eigenvalue weighted by Crippen LogP contribution is 2.46. The Kier molecular flexibility index (Phi) is 3.42. The third-order valence-corrected chi connectivity index (χ3v) is 2.68. The van der Waals surface area contributed by atoms with Crippen LogP contribution in [0.15, 0.2) is 0 Å². The summed E-state index contributed by atoms with van der Waals surface area (Å²) in [6.45, 7) is 2.64. The van der Waals surface area contributed by atoms with E-state index < -0.39 is 11.7 Å². The first kappa shape index (κ1) is 11.8. The summed E-state index contributed by atoms with van der Waals surface area (Å²) < 4.78 is 34.5. The average Bonchev–Trinajstić information content (AvgIpc) is 2.62. The summed E-state index contributed by atoms with van der Waals surface area (Å²) in [5.41, 5.74) is 2.99. The summed E-state index contributed by atoms with van der Waals surface area (Å²) in [6.07, 6.45) is -1.16. The lowest BCUT2D eigenvalue weighted by Crippen LogP contribution is -2.39. The molecule has 2 fully saturated rings. The van der Waals surface area contributed by atoms with Gasteiger partial charge in [0.1, 0.15) is 5.54 Å². The van der Waals surface area contributed by atoms with Crippen molar-refractivity contribution in [2.75, 3.05) is 20.1 Å². The van der Waals surface area contributed by atoms with Gasteiger partial charge in [0.05, 0.1) is 0 Å². The quantitative estimate of drug-likeness (QED) is 0.660. The zero-order valence-corrected chi connectivity index (χ0v) is 8.40. The number of nitrogens with two attached hydrogens (primary N) is 1. The Bertz CT molecular complexity index is 178. The lowest BCUT2D eigenvalue weighted by atomic mass is 10.3. The Morgan fingerprint density at radius 2 is 1.57 bits per heavy atom. The van der Waals surface area contributed by atoms with Crippen LogP contribution in [0.3, 0.4) is 0 Å². The van der Waals surface area contributed by atoms with Crippen LogP contribution in [0.5, 0.6) is 0 Å². The van der Waals surface area contributed by atoms with Crippen molar-refractivity contribution < 1.29 is 13.2 Å². The largest absolute Gasteiger partial charge is 0.406 e. The molecule has 5 heteroatoms. The van der Waals surface area contributed by atoms with Crippen molar-refractivity contribution in [3.05, 3.63) is 0 Å². The van der Waals surface area contributed by atoms with E-state index in [9.17, 15) is 13.2 Å². The van der Waals surface area contributed by atoms with Gasteiger partial charge in [-0.25, -0.2) is 0 Å². The van der Waals surface area contributed by atoms with Gasteiger partial charge >= 0.3 is 6.18 Å². The molecule has 2 aliphatic rings. The van der Waals surface area contributed by atoms with Crippen LogP contribution in [0.2, 0.25) is 0 Å². The van der Waals surface area contributed by atoms with E-state index in [1.165, 1.54) is 25.9 Å². The Hall–Kier alpha value is -0.290. The molecule has 2 N–H and O–H groups in total. The highest BCUT2D eigenvalue weighted by atomic mass is 19.4. The predicted octanol–water partition coefficient (Wildman–Crippen LogP) is 1.75. The minimum absolute atomic E-state index is 0.0938. The number of alkyl halides is 3. The molecule has 1 saturated carbocycles. The van der Waals surface area contributed by atoms with Crippen LogP contribution < -0.4 is 5.73 Å². The van der Waals surface area contributed by atoms with Crippen LogP contribution in [0.1, 0.15) is 25.7 Å². The molecule has 1 aliphatic heterocycles. The smallest absolute Gasteiger partial charge is 0.318 e. The first-order valence-electron chi connectivity index (χ1n) is 4.89. The van der Waals surface area contributed by atoms with Gasteiger partial charge in [-0.2, -0.15) is 13.2 Å². The number of likely N-dealkylation sites (tertiary alicyclic amines) is 1. The van der Waals surface area contributed by atoms with Crippen molar-refractivity contribution in [3.63, 3.8) is 0 Å². The van der Waals surface area contributed by atoms with Crippen molar-refractivity contribution in [3.8, 4) is 0 Å². The summed E-state index contributed by atoms with van der Waals surface area (Å²) in [6, 6.07) is 0. The van der Waals surface area contributed by atoms with Crippen LogP contribution in [-0.4, -0.2) is 36.8 Å². The van der Waals surface area contributed by atoms with Crippen molar-refractivity contribution >= 4 is 0 Å². The first-order valence-corrected chi connectivity index (χ1v) is 4.89. The topological polar surface area (TPSA) is 29.3 Å². The molecule has 0 radical (unpaired) electrons. The van der Waals surface area contributed by atoms with Crippen LogP contribution in [-0.2, 0) is 0 Å². The Balaban J connectivity index is 0.000000146. The van der Waals surface area contributed by atoms with E-state index in [0.717, 1.165) is 0 Å². The van der Waals surface area contributed by atoms with Crippen LogP contribution in [0, 0.1) is 0 Å². The third-order valence-electron chi connectivity index (χ3n) is 2.68. The summed E-state index contributed by atoms with van der Waals surface area (Å²) in [4.78, 5) is 2.36. The lowest BCUT2D eigenvalue weighted by Gasteiger charge is -2.11. The monoisotopic (exact) mass is 210 g/mol. The van der Waals surface area contributed by atoms with Gasteiger partial charge in [-0.3, -0.25) is 0 Å². The molecule has 0 bridgehead atoms. The van der Waals surface area contributed by atoms with Crippen molar-refractivity contribution in [1.82, 2.24) is 4.90 Å². The van der Waals surface area contributed by atoms with Gasteiger partial charge in [-0.1, -0.05) is 0 Å². The predicted molar refractivity (Wildman–Crippen MR) is 48.9 cm³/mol. The fraction of sp³-hybridized carbons (Fsp3) is 1.00. The first-order chi connectivity index (χ1) is 6.35. The molecule has 0 aromatic rings. The second-order valence-electron chi connectivity index (χ2n) is 4.16. The number of hydrogen-bond donors (Lipinski definition) is 1. The van der Waals surface area contributed by atoms with Gasteiger partial charge in [-0.05, 0) is 45.8 Å². The van der Waals surface area contributed by atoms with Gasteiger partial charge in [0.15, 0.2) is 0 Å². The Morgan fingerprint density at radius 1 is 1.14 bits per heavy atom. The summed E-state index contributed by atoms with van der Waals surface area (Å²) in [5.74, 6) is 0. The molecule has 0 aromatic heterocycles. The van der Waals surface area contributed by atoms with Gasteiger partial charge in [0.25, 0.3) is 0 Å². The second-order valence-corrected chi connectivity index (χ2v) is 4.16. The van der Waals surface area contributed by atoms with Gasteiger partial charge in [0, 0.05) is 0 Å². The van der Waals surface area contributed by atoms with E-state index in [4.69, 9.17) is 5.73 Å². The van der Waals surface area contributed by atoms with Crippen molar-refractivity contribution in [2.24, 2.45) is 5.73 Å². The van der Waals surface area contributed by atoms with Crippen molar-refractivity contribution in [2.45, 2.75) is 37.4 Å². The normalized spacial score (nSPS) is 25.5. The fourth-order valence-corrected chi connectivity index (χ4v) is 1.29. The second kappa shape index (κ2) is 4.06. The molecule has 0 unspecified atom stereocenters. The molecule has 1 aliphatic carbocycles. The third kappa shape index (κ3) is 3.13. The number of nitrogens with zero attached hydrogens (tertiary/aromatic N) is 1. The molecule has 2 nitrogen and oxygen atoms in total. The molecule has 0 atom stereocenters. The van der Waals surface area contributed by atoms with Crippen LogP contribution >= 0.6 is 0 Å². The molecule has 2 rings (SSSR count). The van der Waals surface area contributed by atoms with Crippen LogP contribution in [0.4, 0.5) is 13.2 Å². The highest BCUT2D eigenvalue weighted by Gasteiger charge is 2.60. The zero-order chi connectivity index (χ0) is 10.8. The van der Waals surface area contributed by atoms with Gasteiger partial charge < -0.3 is 10.6 Å². The molecule has 14 heavy (non-hydrogen) atoms. The number of rotatable bonds is 0. The van der Waals surface area contributed by atoms with E-state index in [1.54, 1.807) is 0 Å². The summed E-state index contributed by atoms with van der Waals surface area (Å²) in [5, 5.41) is 0. The van der Waals surface area contributed by atoms with E-state index in [1.807, 2.05) is 0 Å². The van der Waals surface area contributed by atoms with E-state index in [-0.39, 0.29) is 12.8 Å². The standard InChI is InChI=1S/C5H11N.C4H6F3N/c1-6-4-2-3-5-6;5-4(6,7)3(8)1-2-3/h2-5H2,1H3;1-2,8H2. The molecule has 0 spiro atoms. The highest BCUT2D eigenvalue weighted by molar-refractivity contribution is 5.04. The maximum absolute atomic E-state index is 11.5. The molecular weight excluding hydrogens is 193 g/mol. The molecule has 84 valence electrons. The summed E-state index contributed by atoms with van der Waals surface area (Å²) in [7, 11) is 2.17. The zero-order valence-electron chi connectivity index (χ0n) is 8.40.